The Kier molecular flexibility index (Phi) is 4.90. The number of ether oxygens (including phenoxy) is 1. The Bertz CT molecular complexity index is 953. The summed E-state index contributed by atoms with van der Waals surface area (Å²) in [6.07, 6.45) is 12.9. The van der Waals surface area contributed by atoms with Gasteiger partial charge in [-0.25, -0.2) is 9.97 Å². The molecular weight excluding hydrogens is 354 g/mol. The number of hydrogen-bond donors (Lipinski definition) is 1. The van der Waals surface area contributed by atoms with E-state index in [1.165, 1.54) is 6.08 Å². The minimum Gasteiger partial charge on any atom is -0.473 e. The number of nitrogens with zero attached hydrogens (tertiary/aromatic N) is 4. The molecule has 0 radical (unpaired) electrons. The van der Waals surface area contributed by atoms with Gasteiger partial charge < -0.3 is 19.5 Å². The Morgan fingerprint density at radius 3 is 2.89 bits per heavy atom. The second-order valence-corrected chi connectivity index (χ2v) is 7.30. The molecule has 4 rings (SSSR count). The van der Waals surface area contributed by atoms with Crippen molar-refractivity contribution in [3.63, 3.8) is 0 Å². The number of aromatic nitrogens is 3. The summed E-state index contributed by atoms with van der Waals surface area (Å²) in [5.74, 6) is 0.498. The monoisotopic (exact) mass is 379 g/mol. The van der Waals surface area contributed by atoms with Crippen LogP contribution in [0.3, 0.4) is 0 Å². The summed E-state index contributed by atoms with van der Waals surface area (Å²) in [5.41, 5.74) is 3.70. The highest BCUT2D eigenvalue weighted by atomic mass is 16.5. The number of aromatic amines is 1. The zero-order chi connectivity index (χ0) is 19.7. The van der Waals surface area contributed by atoms with Crippen LogP contribution in [-0.2, 0) is 4.79 Å². The third-order valence-corrected chi connectivity index (χ3v) is 5.44. The van der Waals surface area contributed by atoms with Crippen molar-refractivity contribution in [2.45, 2.75) is 31.9 Å². The lowest BCUT2D eigenvalue weighted by Crippen LogP contribution is -2.41. The summed E-state index contributed by atoms with van der Waals surface area (Å²) < 4.78 is 6.08. The van der Waals surface area contributed by atoms with Crippen molar-refractivity contribution >= 4 is 22.6 Å². The fourth-order valence-electron chi connectivity index (χ4n) is 3.59. The van der Waals surface area contributed by atoms with Gasteiger partial charge in [0.1, 0.15) is 11.6 Å². The van der Waals surface area contributed by atoms with E-state index in [-0.39, 0.29) is 12.0 Å². The molecule has 2 aliphatic heterocycles. The number of allylic oxidation sites excluding steroid dienone is 2. The first-order valence-electron chi connectivity index (χ1n) is 9.59. The van der Waals surface area contributed by atoms with Crippen LogP contribution in [-0.4, -0.2) is 62.9 Å². The van der Waals surface area contributed by atoms with Crippen LogP contribution in [0.5, 0.6) is 5.88 Å². The first-order valence-corrected chi connectivity index (χ1v) is 9.59. The second-order valence-electron chi connectivity index (χ2n) is 7.30. The number of fused-ring (bicyclic) bond motifs is 1. The number of amides is 1. The minimum atomic E-state index is -0.0229. The van der Waals surface area contributed by atoms with E-state index in [2.05, 4.69) is 53.8 Å². The molecule has 1 unspecified atom stereocenters. The van der Waals surface area contributed by atoms with Crippen LogP contribution in [0.2, 0.25) is 0 Å². The number of likely N-dealkylation sites (tertiary alicyclic amines) is 1. The topological polar surface area (TPSA) is 74.4 Å². The van der Waals surface area contributed by atoms with Gasteiger partial charge in [0.15, 0.2) is 5.65 Å². The van der Waals surface area contributed by atoms with Crippen LogP contribution < -0.4 is 4.74 Å². The summed E-state index contributed by atoms with van der Waals surface area (Å²) in [7, 11) is 2.06. The minimum absolute atomic E-state index is 0.0229. The molecule has 2 aromatic heterocycles. The third kappa shape index (κ3) is 3.52. The molecule has 0 aromatic carbocycles. The van der Waals surface area contributed by atoms with Gasteiger partial charge in [0.05, 0.1) is 6.20 Å². The number of rotatable bonds is 4. The highest BCUT2D eigenvalue weighted by molar-refractivity contribution is 5.91. The molecule has 1 atom stereocenters. The van der Waals surface area contributed by atoms with E-state index in [4.69, 9.17) is 9.72 Å². The summed E-state index contributed by atoms with van der Waals surface area (Å²) in [6.45, 7) is 7.04. The highest BCUT2D eigenvalue weighted by Crippen LogP contribution is 2.28. The van der Waals surface area contributed by atoms with E-state index < -0.39 is 0 Å². The fraction of sp³-hybridized carbons (Fsp3) is 0.381. The van der Waals surface area contributed by atoms with Gasteiger partial charge >= 0.3 is 0 Å². The zero-order valence-electron chi connectivity index (χ0n) is 16.3. The molecule has 2 aromatic rings. The smallest absolute Gasteiger partial charge is 0.245 e. The average Bonchev–Trinajstić information content (AvgIpc) is 3.13. The average molecular weight is 379 g/mol. The van der Waals surface area contributed by atoms with E-state index in [9.17, 15) is 4.79 Å². The lowest BCUT2D eigenvalue weighted by molar-refractivity contribution is -0.127. The lowest BCUT2D eigenvalue weighted by atomic mass is 10.0. The van der Waals surface area contributed by atoms with E-state index in [0.717, 1.165) is 35.1 Å². The Morgan fingerprint density at radius 2 is 2.18 bits per heavy atom. The maximum Gasteiger partial charge on any atom is 0.245 e. The van der Waals surface area contributed by atoms with Gasteiger partial charge in [0.2, 0.25) is 11.8 Å². The van der Waals surface area contributed by atoms with E-state index >= 15 is 0 Å². The predicted molar refractivity (Wildman–Crippen MR) is 109 cm³/mol. The normalized spacial score (nSPS) is 20.4. The number of carbonyl (C=O) groups is 1. The molecule has 2 aliphatic rings. The fourth-order valence-corrected chi connectivity index (χ4v) is 3.59. The summed E-state index contributed by atoms with van der Waals surface area (Å²) >= 11 is 0. The summed E-state index contributed by atoms with van der Waals surface area (Å²) in [6, 6.07) is 0.320. The van der Waals surface area contributed by atoms with Crippen molar-refractivity contribution in [1.82, 2.24) is 24.8 Å². The SMILES string of the molecule is C=CC(=O)N1CCC(Oc2cnc3[nH]cc(C4=CC(C)N(C)C=C4)c3n2)CC1. The molecule has 7 heteroatoms. The molecular formula is C21H25N5O2. The Hall–Kier alpha value is -3.09. The number of H-pyrrole nitrogens is 1. The molecule has 0 aliphatic carbocycles. The predicted octanol–water partition coefficient (Wildman–Crippen LogP) is 2.74. The van der Waals surface area contributed by atoms with Gasteiger partial charge in [0.25, 0.3) is 0 Å². The number of likely N-dealkylation sites (N-methyl/N-ethyl adjacent to an activating group) is 1. The molecule has 1 amide bonds. The van der Waals surface area contributed by atoms with Crippen LogP contribution in [0.15, 0.2) is 43.4 Å². The van der Waals surface area contributed by atoms with E-state index in [1.54, 1.807) is 11.1 Å². The molecule has 7 nitrogen and oxygen atoms in total. The molecule has 146 valence electrons. The highest BCUT2D eigenvalue weighted by Gasteiger charge is 2.23. The number of carbonyl (C=O) groups excluding carboxylic acids is 1. The van der Waals surface area contributed by atoms with Crippen LogP contribution >= 0.6 is 0 Å². The standard InChI is InChI=1S/C21H25N5O2/c1-4-19(27)26-9-6-16(7-10-26)28-18-13-23-21-20(24-18)17(12-22-21)15-5-8-25(3)14(2)11-15/h4-5,8,11-14,16H,1,6-7,9-10H2,2-3H3,(H,22,23). The van der Waals surface area contributed by atoms with Crippen LogP contribution in [0.25, 0.3) is 16.7 Å². The molecule has 28 heavy (non-hydrogen) atoms. The van der Waals surface area contributed by atoms with Crippen LogP contribution in [0, 0.1) is 0 Å². The Labute approximate surface area is 164 Å². The second kappa shape index (κ2) is 7.50. The van der Waals surface area contributed by atoms with Crippen LogP contribution in [0.4, 0.5) is 0 Å². The molecule has 0 spiro atoms. The molecule has 1 saturated heterocycles. The molecule has 1 fully saturated rings. The number of nitrogens with one attached hydrogen (secondary N) is 1. The maximum atomic E-state index is 11.7. The van der Waals surface area contributed by atoms with Gasteiger partial charge in [0, 0.05) is 50.8 Å². The molecule has 0 bridgehead atoms. The van der Waals surface area contributed by atoms with Crippen molar-refractivity contribution in [3.8, 4) is 5.88 Å². The van der Waals surface area contributed by atoms with Gasteiger partial charge in [-0.05, 0) is 30.8 Å². The van der Waals surface area contributed by atoms with Crippen LogP contribution in [0.1, 0.15) is 25.3 Å². The molecule has 0 saturated carbocycles. The summed E-state index contributed by atoms with van der Waals surface area (Å²) in [5, 5.41) is 0. The Balaban J connectivity index is 1.51. The van der Waals surface area contributed by atoms with Crippen molar-refractivity contribution in [1.29, 1.82) is 0 Å². The van der Waals surface area contributed by atoms with Crippen molar-refractivity contribution in [3.05, 3.63) is 49.0 Å². The lowest BCUT2D eigenvalue weighted by Gasteiger charge is -2.31. The van der Waals surface area contributed by atoms with E-state index in [0.29, 0.717) is 25.0 Å². The van der Waals surface area contributed by atoms with Gasteiger partial charge in [-0.3, -0.25) is 4.79 Å². The first kappa shape index (κ1) is 18.3. The van der Waals surface area contributed by atoms with Gasteiger partial charge in [-0.15, -0.1) is 0 Å². The first-order chi connectivity index (χ1) is 13.5. The van der Waals surface area contributed by atoms with Crippen molar-refractivity contribution < 1.29 is 9.53 Å². The zero-order valence-corrected chi connectivity index (χ0v) is 16.3. The summed E-state index contributed by atoms with van der Waals surface area (Å²) in [4.78, 5) is 28.0. The third-order valence-electron chi connectivity index (χ3n) is 5.44. The van der Waals surface area contributed by atoms with Crippen molar-refractivity contribution in [2.24, 2.45) is 0 Å². The van der Waals surface area contributed by atoms with Gasteiger partial charge in [-0.2, -0.15) is 0 Å². The maximum absolute atomic E-state index is 11.7. The van der Waals surface area contributed by atoms with Gasteiger partial charge in [-0.1, -0.05) is 12.7 Å². The van der Waals surface area contributed by atoms with E-state index in [1.807, 2.05) is 6.20 Å². The molecule has 4 heterocycles. The van der Waals surface area contributed by atoms with Crippen molar-refractivity contribution in [2.75, 3.05) is 20.1 Å². The molecule has 1 N–H and O–H groups in total. The largest absolute Gasteiger partial charge is 0.473 e. The number of piperidine rings is 1. The Morgan fingerprint density at radius 1 is 1.39 bits per heavy atom. The quantitative estimate of drug-likeness (QED) is 0.827. The number of hydrogen-bond acceptors (Lipinski definition) is 5.